The number of anilines is 3. The van der Waals surface area contributed by atoms with E-state index in [0.29, 0.717) is 5.95 Å². The van der Waals surface area contributed by atoms with E-state index in [1.54, 1.807) is 0 Å². The summed E-state index contributed by atoms with van der Waals surface area (Å²) in [4.78, 5) is 12.6. The van der Waals surface area contributed by atoms with Gasteiger partial charge in [-0.05, 0) is 63.7 Å². The second-order valence-electron chi connectivity index (χ2n) is 11.5. The van der Waals surface area contributed by atoms with Crippen molar-refractivity contribution in [3.8, 4) is 44.6 Å². The summed E-state index contributed by atoms with van der Waals surface area (Å²) in [6.07, 6.45) is 0. The molecule has 0 saturated heterocycles. The minimum absolute atomic E-state index is 0.616. The van der Waals surface area contributed by atoms with Crippen molar-refractivity contribution in [2.75, 3.05) is 4.90 Å². The normalized spacial score (nSPS) is 11.0. The molecule has 0 fully saturated rings. The van der Waals surface area contributed by atoms with Gasteiger partial charge in [-0.1, -0.05) is 158 Å². The largest absolute Gasteiger partial charge is 0.279 e. The Balaban J connectivity index is 1.26. The molecule has 7 aromatic carbocycles. The van der Waals surface area contributed by atoms with Crippen LogP contribution < -0.4 is 4.90 Å². The van der Waals surface area contributed by atoms with Crippen molar-refractivity contribution >= 4 is 28.2 Å². The van der Waals surface area contributed by atoms with Crippen LogP contribution in [-0.4, -0.2) is 9.97 Å². The summed E-state index contributed by atoms with van der Waals surface area (Å²) >= 11 is 0. The molecule has 8 aromatic rings. The first-order valence-electron chi connectivity index (χ1n) is 15.8. The van der Waals surface area contributed by atoms with Crippen LogP contribution in [0.5, 0.6) is 0 Å². The lowest BCUT2D eigenvalue weighted by molar-refractivity contribution is 1.11. The maximum Gasteiger partial charge on any atom is 0.235 e. The van der Waals surface area contributed by atoms with Crippen molar-refractivity contribution in [3.63, 3.8) is 0 Å². The van der Waals surface area contributed by atoms with E-state index in [9.17, 15) is 0 Å². The molecule has 1 aromatic heterocycles. The molecule has 1 heterocycles. The maximum absolute atomic E-state index is 5.30. The smallest absolute Gasteiger partial charge is 0.235 e. The van der Waals surface area contributed by atoms with Gasteiger partial charge in [-0.25, -0.2) is 9.97 Å². The molecule has 0 aliphatic heterocycles. The second kappa shape index (κ2) is 12.6. The number of rotatable bonds is 7. The predicted octanol–water partition coefficient (Wildman–Crippen LogP) is 11.8. The van der Waals surface area contributed by atoms with Gasteiger partial charge in [0, 0.05) is 22.3 Å². The number of hydrogen-bond acceptors (Lipinski definition) is 3. The number of fused-ring (bicyclic) bond motifs is 1. The van der Waals surface area contributed by atoms with Gasteiger partial charge in [0.25, 0.3) is 0 Å². The van der Waals surface area contributed by atoms with Crippen LogP contribution >= 0.6 is 0 Å². The van der Waals surface area contributed by atoms with E-state index in [4.69, 9.17) is 9.97 Å². The molecule has 47 heavy (non-hydrogen) atoms. The maximum atomic E-state index is 5.30. The summed E-state index contributed by atoms with van der Waals surface area (Å²) in [5.74, 6) is 0.616. The van der Waals surface area contributed by atoms with Gasteiger partial charge in [0.05, 0.1) is 11.2 Å². The van der Waals surface area contributed by atoms with Gasteiger partial charge in [0.15, 0.2) is 0 Å². The van der Waals surface area contributed by atoms with Crippen molar-refractivity contribution < 1.29 is 0 Å². The molecule has 0 aliphatic rings. The SMILES string of the molecule is c1ccc(-c2ccc(-c3nc(N(c4ccc(-c5ccccc5)cc4)c4ccc(-c5ccccc5)cc4)nc4ccccc34)cc2)cc1. The molecular weight excluding hydrogens is 571 g/mol. The Morgan fingerprint density at radius 3 is 1.13 bits per heavy atom. The van der Waals surface area contributed by atoms with Crippen LogP contribution in [0.1, 0.15) is 0 Å². The second-order valence-corrected chi connectivity index (χ2v) is 11.5. The Bertz CT molecular complexity index is 2160. The molecule has 0 amide bonds. The van der Waals surface area contributed by atoms with Crippen LogP contribution in [0.3, 0.4) is 0 Å². The van der Waals surface area contributed by atoms with Crippen LogP contribution in [0.2, 0.25) is 0 Å². The third kappa shape index (κ3) is 5.79. The van der Waals surface area contributed by atoms with E-state index in [1.165, 1.54) is 22.3 Å². The molecule has 3 nitrogen and oxygen atoms in total. The Hall–Kier alpha value is -6.32. The third-order valence-corrected chi connectivity index (χ3v) is 8.52. The van der Waals surface area contributed by atoms with Gasteiger partial charge < -0.3 is 0 Å². The predicted molar refractivity (Wildman–Crippen MR) is 196 cm³/mol. The molecule has 3 heteroatoms. The van der Waals surface area contributed by atoms with Crippen LogP contribution in [0, 0.1) is 0 Å². The number of hydrogen-bond donors (Lipinski definition) is 0. The van der Waals surface area contributed by atoms with Gasteiger partial charge >= 0.3 is 0 Å². The van der Waals surface area contributed by atoms with Crippen molar-refractivity contribution in [2.45, 2.75) is 0 Å². The highest BCUT2D eigenvalue weighted by atomic mass is 15.3. The van der Waals surface area contributed by atoms with Crippen molar-refractivity contribution in [2.24, 2.45) is 0 Å². The molecule has 0 aliphatic carbocycles. The van der Waals surface area contributed by atoms with E-state index >= 15 is 0 Å². The molecule has 0 unspecified atom stereocenters. The lowest BCUT2D eigenvalue weighted by atomic mass is 10.0. The Morgan fingerprint density at radius 2 is 0.660 bits per heavy atom. The van der Waals surface area contributed by atoms with E-state index < -0.39 is 0 Å². The molecule has 0 N–H and O–H groups in total. The Kier molecular flexibility index (Phi) is 7.54. The van der Waals surface area contributed by atoms with E-state index in [-0.39, 0.29) is 0 Å². The van der Waals surface area contributed by atoms with Gasteiger partial charge in [0.2, 0.25) is 5.95 Å². The summed E-state index contributed by atoms with van der Waals surface area (Å²) < 4.78 is 0. The molecule has 222 valence electrons. The summed E-state index contributed by atoms with van der Waals surface area (Å²) in [5, 5.41) is 1.02. The Morgan fingerprint density at radius 1 is 0.298 bits per heavy atom. The van der Waals surface area contributed by atoms with Crippen molar-refractivity contribution in [1.82, 2.24) is 9.97 Å². The molecule has 0 spiro atoms. The fourth-order valence-electron chi connectivity index (χ4n) is 6.08. The molecule has 0 atom stereocenters. The van der Waals surface area contributed by atoms with Crippen LogP contribution in [0.25, 0.3) is 55.5 Å². The highest BCUT2D eigenvalue weighted by molar-refractivity contribution is 5.94. The van der Waals surface area contributed by atoms with Crippen LogP contribution in [-0.2, 0) is 0 Å². The number of aromatic nitrogens is 2. The van der Waals surface area contributed by atoms with Gasteiger partial charge in [-0.15, -0.1) is 0 Å². The summed E-state index contributed by atoms with van der Waals surface area (Å²) in [7, 11) is 0. The lowest BCUT2D eigenvalue weighted by Gasteiger charge is -2.25. The molecule has 0 bridgehead atoms. The summed E-state index contributed by atoms with van der Waals surface area (Å²) in [6, 6.07) is 65.6. The fraction of sp³-hybridized carbons (Fsp3) is 0. The lowest BCUT2D eigenvalue weighted by Crippen LogP contribution is -2.14. The van der Waals surface area contributed by atoms with Gasteiger partial charge in [-0.2, -0.15) is 0 Å². The van der Waals surface area contributed by atoms with Gasteiger partial charge in [0.1, 0.15) is 0 Å². The number of benzene rings is 7. The van der Waals surface area contributed by atoms with E-state index in [1.807, 2.05) is 24.3 Å². The summed E-state index contributed by atoms with van der Waals surface area (Å²) in [5.41, 5.74) is 11.9. The van der Waals surface area contributed by atoms with Crippen LogP contribution in [0.15, 0.2) is 188 Å². The summed E-state index contributed by atoms with van der Waals surface area (Å²) in [6.45, 7) is 0. The highest BCUT2D eigenvalue weighted by Crippen LogP contribution is 2.38. The standard InChI is InChI=1S/C44H31N3/c1-4-12-32(13-5-1)35-20-22-38(23-21-35)43-41-18-10-11-19-42(41)45-44(46-43)47(39-28-24-36(25-29-39)33-14-6-2-7-15-33)40-30-26-37(27-31-40)34-16-8-3-9-17-34/h1-31H. The molecule has 8 rings (SSSR count). The van der Waals surface area contributed by atoms with Crippen molar-refractivity contribution in [1.29, 1.82) is 0 Å². The number of para-hydroxylation sites is 1. The van der Waals surface area contributed by atoms with E-state index in [2.05, 4.69) is 169 Å². The fourth-order valence-corrected chi connectivity index (χ4v) is 6.08. The first-order valence-corrected chi connectivity index (χ1v) is 15.8. The average molecular weight is 602 g/mol. The minimum atomic E-state index is 0.616. The Labute approximate surface area is 275 Å². The molecule has 0 radical (unpaired) electrons. The van der Waals surface area contributed by atoms with Crippen molar-refractivity contribution in [3.05, 3.63) is 188 Å². The van der Waals surface area contributed by atoms with Gasteiger partial charge in [-0.3, -0.25) is 4.90 Å². The van der Waals surface area contributed by atoms with E-state index in [0.717, 1.165) is 44.7 Å². The zero-order chi connectivity index (χ0) is 31.4. The first kappa shape index (κ1) is 28.2. The molecular formula is C44H31N3. The zero-order valence-electron chi connectivity index (χ0n) is 25.7. The van der Waals surface area contributed by atoms with Crippen LogP contribution in [0.4, 0.5) is 17.3 Å². The zero-order valence-corrected chi connectivity index (χ0v) is 25.7. The topological polar surface area (TPSA) is 29.0 Å². The monoisotopic (exact) mass is 601 g/mol. The quantitative estimate of drug-likeness (QED) is 0.182. The minimum Gasteiger partial charge on any atom is -0.279 e. The highest BCUT2D eigenvalue weighted by Gasteiger charge is 2.19. The average Bonchev–Trinajstić information content (AvgIpc) is 3.16. The first-order chi connectivity index (χ1) is 23.3. The number of nitrogens with zero attached hydrogens (tertiary/aromatic N) is 3. The molecule has 0 saturated carbocycles. The third-order valence-electron chi connectivity index (χ3n) is 8.52.